The molecule has 0 saturated carbocycles. The van der Waals surface area contributed by atoms with Crippen LogP contribution in [0.3, 0.4) is 0 Å². The van der Waals surface area contributed by atoms with E-state index >= 15 is 0 Å². The first-order valence-electron chi connectivity index (χ1n) is 7.72. The first-order valence-corrected chi connectivity index (χ1v) is 7.72. The zero-order valence-corrected chi connectivity index (χ0v) is 12.3. The number of hydrogen-bond acceptors (Lipinski definition) is 3. The van der Waals surface area contributed by atoms with Crippen molar-refractivity contribution < 1.29 is 4.79 Å². The molecule has 1 radical (unpaired) electrons. The van der Waals surface area contributed by atoms with Gasteiger partial charge in [0, 0.05) is 32.6 Å². The van der Waals surface area contributed by atoms with Crippen LogP contribution in [-0.4, -0.2) is 55.4 Å². The van der Waals surface area contributed by atoms with Gasteiger partial charge in [-0.3, -0.25) is 4.79 Å². The molecule has 1 fully saturated rings. The second-order valence-corrected chi connectivity index (χ2v) is 5.52. The summed E-state index contributed by atoms with van der Waals surface area (Å²) in [5, 5.41) is 0. The normalized spacial score (nSPS) is 17.2. The molecule has 0 amide bonds. The van der Waals surface area contributed by atoms with Gasteiger partial charge in [0.15, 0.2) is 6.29 Å². The number of carbonyl (C=O) groups excluding carboxylic acids is 1. The maximum absolute atomic E-state index is 10.2. The van der Waals surface area contributed by atoms with Crippen molar-refractivity contribution in [1.29, 1.82) is 0 Å². The summed E-state index contributed by atoms with van der Waals surface area (Å²) in [5.41, 5.74) is 1.44. The Hall–Kier alpha value is -1.19. The molecule has 0 aromatic heterocycles. The van der Waals surface area contributed by atoms with Crippen LogP contribution in [0.4, 0.5) is 0 Å². The molecule has 0 atom stereocenters. The molecule has 1 aliphatic rings. The fourth-order valence-corrected chi connectivity index (χ4v) is 2.76. The highest BCUT2D eigenvalue weighted by atomic mass is 16.1. The Morgan fingerprint density at radius 3 is 2.10 bits per heavy atom. The van der Waals surface area contributed by atoms with Gasteiger partial charge >= 0.3 is 0 Å². The van der Waals surface area contributed by atoms with E-state index in [4.69, 9.17) is 0 Å². The molecule has 1 saturated heterocycles. The largest absolute Gasteiger partial charge is 0.301 e. The molecule has 1 heterocycles. The number of aryl methyl sites for hydroxylation is 1. The smallest absolute Gasteiger partial charge is 0.198 e. The molecule has 1 aliphatic heterocycles. The third kappa shape index (κ3) is 5.43. The van der Waals surface area contributed by atoms with Crippen molar-refractivity contribution in [3.63, 3.8) is 0 Å². The van der Waals surface area contributed by atoms with Crippen molar-refractivity contribution in [3.05, 3.63) is 35.9 Å². The summed E-state index contributed by atoms with van der Waals surface area (Å²) in [4.78, 5) is 15.2. The molecule has 3 nitrogen and oxygen atoms in total. The monoisotopic (exact) mass is 273 g/mol. The quantitative estimate of drug-likeness (QED) is 0.678. The van der Waals surface area contributed by atoms with Crippen LogP contribution >= 0.6 is 0 Å². The van der Waals surface area contributed by atoms with Crippen molar-refractivity contribution >= 4 is 6.29 Å². The topological polar surface area (TPSA) is 23.6 Å². The standard InChI is InChI=1S/C17H25N2O/c20-16-5-4-10-18-12-14-19(15-13-18)11-6-9-17-7-2-1-3-8-17/h1-3,7-8H,4-6,9-15H2. The molecular weight excluding hydrogens is 248 g/mol. The third-order valence-electron chi connectivity index (χ3n) is 4.00. The molecular formula is C17H25N2O. The maximum atomic E-state index is 10.2. The minimum Gasteiger partial charge on any atom is -0.301 e. The van der Waals surface area contributed by atoms with Crippen molar-refractivity contribution in [2.75, 3.05) is 39.3 Å². The van der Waals surface area contributed by atoms with Gasteiger partial charge in [-0.05, 0) is 37.9 Å². The first kappa shape index (κ1) is 15.2. The zero-order valence-electron chi connectivity index (χ0n) is 12.3. The van der Waals surface area contributed by atoms with Crippen LogP contribution in [0.1, 0.15) is 24.8 Å². The van der Waals surface area contributed by atoms with E-state index in [1.54, 1.807) is 0 Å². The molecule has 1 aromatic carbocycles. The van der Waals surface area contributed by atoms with E-state index < -0.39 is 0 Å². The van der Waals surface area contributed by atoms with Gasteiger partial charge in [0.05, 0.1) is 0 Å². The number of rotatable bonds is 8. The van der Waals surface area contributed by atoms with Crippen LogP contribution in [0.2, 0.25) is 0 Å². The second-order valence-electron chi connectivity index (χ2n) is 5.52. The minimum absolute atomic E-state index is 0.581. The predicted octanol–water partition coefficient (Wildman–Crippen LogP) is 2.13. The van der Waals surface area contributed by atoms with Crippen molar-refractivity contribution in [3.8, 4) is 0 Å². The molecule has 0 aliphatic carbocycles. The zero-order chi connectivity index (χ0) is 14.0. The lowest BCUT2D eigenvalue weighted by Crippen LogP contribution is -2.46. The highest BCUT2D eigenvalue weighted by molar-refractivity contribution is 5.50. The molecule has 2 rings (SSSR count). The van der Waals surface area contributed by atoms with Gasteiger partial charge in [0.2, 0.25) is 0 Å². The number of hydrogen-bond donors (Lipinski definition) is 0. The molecule has 0 unspecified atom stereocenters. The number of piperazine rings is 1. The Kier molecular flexibility index (Phi) is 6.75. The average Bonchev–Trinajstić information content (AvgIpc) is 2.50. The fraction of sp³-hybridized carbons (Fsp3) is 0.588. The molecule has 0 bridgehead atoms. The molecule has 0 spiro atoms. The van der Waals surface area contributed by atoms with Crippen LogP contribution in [0.25, 0.3) is 0 Å². The van der Waals surface area contributed by atoms with Crippen molar-refractivity contribution in [2.24, 2.45) is 0 Å². The van der Waals surface area contributed by atoms with Crippen molar-refractivity contribution in [1.82, 2.24) is 9.80 Å². The summed E-state index contributed by atoms with van der Waals surface area (Å²) in [6, 6.07) is 10.7. The van der Waals surface area contributed by atoms with Gasteiger partial charge in [-0.1, -0.05) is 30.3 Å². The molecule has 1 aromatic rings. The molecule has 3 heteroatoms. The lowest BCUT2D eigenvalue weighted by atomic mass is 10.1. The lowest BCUT2D eigenvalue weighted by molar-refractivity contribution is 0.131. The Morgan fingerprint density at radius 2 is 1.50 bits per heavy atom. The summed E-state index contributed by atoms with van der Waals surface area (Å²) < 4.78 is 0. The van der Waals surface area contributed by atoms with Crippen molar-refractivity contribution in [2.45, 2.75) is 25.7 Å². The van der Waals surface area contributed by atoms with Gasteiger partial charge < -0.3 is 9.80 Å². The summed E-state index contributed by atoms with van der Waals surface area (Å²) in [6.45, 7) is 6.87. The first-order chi connectivity index (χ1) is 9.88. The van der Waals surface area contributed by atoms with Gasteiger partial charge in [-0.25, -0.2) is 0 Å². The Morgan fingerprint density at radius 1 is 0.900 bits per heavy atom. The van der Waals surface area contributed by atoms with E-state index in [1.165, 1.54) is 38.0 Å². The number of benzene rings is 1. The van der Waals surface area contributed by atoms with E-state index in [0.29, 0.717) is 6.42 Å². The van der Waals surface area contributed by atoms with Gasteiger partial charge in [0.1, 0.15) is 0 Å². The maximum Gasteiger partial charge on any atom is 0.198 e. The lowest BCUT2D eigenvalue weighted by Gasteiger charge is -2.34. The van der Waals surface area contributed by atoms with E-state index in [-0.39, 0.29) is 0 Å². The fourth-order valence-electron chi connectivity index (χ4n) is 2.76. The second kappa shape index (κ2) is 8.88. The highest BCUT2D eigenvalue weighted by Crippen LogP contribution is 2.07. The van der Waals surface area contributed by atoms with E-state index in [9.17, 15) is 4.79 Å². The van der Waals surface area contributed by atoms with Crippen LogP contribution in [-0.2, 0) is 11.2 Å². The molecule has 20 heavy (non-hydrogen) atoms. The third-order valence-corrected chi connectivity index (χ3v) is 4.00. The van der Waals surface area contributed by atoms with E-state index in [1.807, 2.05) is 6.29 Å². The Balaban J connectivity index is 1.56. The summed E-state index contributed by atoms with van der Waals surface area (Å²) in [6.07, 6.45) is 5.93. The predicted molar refractivity (Wildman–Crippen MR) is 82.6 cm³/mol. The van der Waals surface area contributed by atoms with E-state index in [0.717, 1.165) is 26.1 Å². The number of nitrogens with zero attached hydrogens (tertiary/aromatic N) is 2. The van der Waals surface area contributed by atoms with Crippen LogP contribution in [0.5, 0.6) is 0 Å². The Bertz CT molecular complexity index is 372. The minimum atomic E-state index is 0.581. The van der Waals surface area contributed by atoms with Gasteiger partial charge in [-0.15, -0.1) is 0 Å². The van der Waals surface area contributed by atoms with Gasteiger partial charge in [-0.2, -0.15) is 0 Å². The SMILES string of the molecule is O=[C]CCCN1CCN(CCCc2ccccc2)CC1. The van der Waals surface area contributed by atoms with Crippen LogP contribution in [0, 0.1) is 0 Å². The summed E-state index contributed by atoms with van der Waals surface area (Å²) in [7, 11) is 0. The highest BCUT2D eigenvalue weighted by Gasteiger charge is 2.15. The van der Waals surface area contributed by atoms with Crippen LogP contribution in [0.15, 0.2) is 30.3 Å². The summed E-state index contributed by atoms with van der Waals surface area (Å²) in [5.74, 6) is 0. The molecule has 0 N–H and O–H groups in total. The van der Waals surface area contributed by atoms with E-state index in [2.05, 4.69) is 40.1 Å². The average molecular weight is 273 g/mol. The van der Waals surface area contributed by atoms with Gasteiger partial charge in [0.25, 0.3) is 0 Å². The molecule has 109 valence electrons. The summed E-state index contributed by atoms with van der Waals surface area (Å²) >= 11 is 0. The number of unbranched alkanes of at least 4 members (excludes halogenated alkanes) is 1. The Labute approximate surface area is 122 Å². The van der Waals surface area contributed by atoms with Crippen LogP contribution < -0.4 is 0 Å².